The van der Waals surface area contributed by atoms with Crippen LogP contribution in [0.1, 0.15) is 36.6 Å². The fourth-order valence-electron chi connectivity index (χ4n) is 4.06. The summed E-state index contributed by atoms with van der Waals surface area (Å²) < 4.78 is 6.63. The monoisotopic (exact) mass is 392 g/mol. The molecule has 1 aliphatic rings. The lowest BCUT2D eigenvalue weighted by molar-refractivity contribution is 0.202. The van der Waals surface area contributed by atoms with Gasteiger partial charge in [0.2, 0.25) is 0 Å². The Bertz CT molecular complexity index is 963. The van der Waals surface area contributed by atoms with Crippen LogP contribution < -0.4 is 10.4 Å². The molecule has 1 aliphatic heterocycles. The van der Waals surface area contributed by atoms with Crippen LogP contribution in [0.5, 0.6) is 5.75 Å². The van der Waals surface area contributed by atoms with Crippen LogP contribution in [0, 0.1) is 0 Å². The Balaban J connectivity index is 1.38. The van der Waals surface area contributed by atoms with Crippen LogP contribution in [0.2, 0.25) is 0 Å². The first kappa shape index (κ1) is 19.5. The SMILES string of the molecule is COc1ccc(-n2nc(C3CCCN(CCCc4ccccc4)C3)[nH]c2=O)cc1. The highest BCUT2D eigenvalue weighted by atomic mass is 16.5. The number of aryl methyl sites for hydroxylation is 1. The molecule has 152 valence electrons. The van der Waals surface area contributed by atoms with Gasteiger partial charge in [-0.3, -0.25) is 4.98 Å². The highest BCUT2D eigenvalue weighted by molar-refractivity contribution is 5.36. The van der Waals surface area contributed by atoms with Gasteiger partial charge in [-0.05, 0) is 68.6 Å². The third kappa shape index (κ3) is 4.77. The maximum atomic E-state index is 12.4. The number of likely N-dealkylation sites (tertiary alicyclic amines) is 1. The molecule has 2 heterocycles. The van der Waals surface area contributed by atoms with E-state index >= 15 is 0 Å². The number of methoxy groups -OCH3 is 1. The summed E-state index contributed by atoms with van der Waals surface area (Å²) in [7, 11) is 1.63. The first-order chi connectivity index (χ1) is 14.2. The molecule has 1 atom stereocenters. The number of rotatable bonds is 7. The zero-order chi connectivity index (χ0) is 20.1. The van der Waals surface area contributed by atoms with E-state index < -0.39 is 0 Å². The van der Waals surface area contributed by atoms with E-state index in [-0.39, 0.29) is 11.6 Å². The van der Waals surface area contributed by atoms with Gasteiger partial charge >= 0.3 is 5.69 Å². The molecule has 1 unspecified atom stereocenters. The molecule has 0 bridgehead atoms. The summed E-state index contributed by atoms with van der Waals surface area (Å²) in [6, 6.07) is 18.0. The van der Waals surface area contributed by atoms with Crippen molar-refractivity contribution in [1.82, 2.24) is 19.7 Å². The molecule has 6 nitrogen and oxygen atoms in total. The molecule has 3 aromatic rings. The summed E-state index contributed by atoms with van der Waals surface area (Å²) in [4.78, 5) is 17.9. The summed E-state index contributed by atoms with van der Waals surface area (Å²) >= 11 is 0. The number of hydrogen-bond acceptors (Lipinski definition) is 4. The Morgan fingerprint density at radius 2 is 1.93 bits per heavy atom. The first-order valence-electron chi connectivity index (χ1n) is 10.3. The average Bonchev–Trinajstić information content (AvgIpc) is 3.16. The van der Waals surface area contributed by atoms with Gasteiger partial charge in [0, 0.05) is 12.5 Å². The summed E-state index contributed by atoms with van der Waals surface area (Å²) in [5.41, 5.74) is 1.95. The Kier molecular flexibility index (Phi) is 6.10. The van der Waals surface area contributed by atoms with Crippen molar-refractivity contribution in [2.24, 2.45) is 0 Å². The van der Waals surface area contributed by atoms with Crippen LogP contribution in [0.3, 0.4) is 0 Å². The quantitative estimate of drug-likeness (QED) is 0.670. The van der Waals surface area contributed by atoms with E-state index in [2.05, 4.69) is 45.3 Å². The molecule has 4 rings (SSSR count). The normalized spacial score (nSPS) is 17.3. The molecule has 1 fully saturated rings. The number of aromatic nitrogens is 3. The third-order valence-corrected chi connectivity index (χ3v) is 5.63. The smallest absolute Gasteiger partial charge is 0.348 e. The molecule has 1 aromatic heterocycles. The highest BCUT2D eigenvalue weighted by Gasteiger charge is 2.24. The lowest BCUT2D eigenvalue weighted by Crippen LogP contribution is -2.35. The second kappa shape index (κ2) is 9.09. The maximum absolute atomic E-state index is 12.4. The number of H-pyrrole nitrogens is 1. The molecular weight excluding hydrogens is 364 g/mol. The van der Waals surface area contributed by atoms with Gasteiger partial charge in [0.25, 0.3) is 0 Å². The Labute approximate surface area is 171 Å². The van der Waals surface area contributed by atoms with Crippen LogP contribution in [-0.4, -0.2) is 46.4 Å². The molecule has 2 aromatic carbocycles. The van der Waals surface area contributed by atoms with Crippen molar-refractivity contribution in [1.29, 1.82) is 0 Å². The Hall–Kier alpha value is -2.86. The second-order valence-corrected chi connectivity index (χ2v) is 7.65. The number of aromatic amines is 1. The zero-order valence-electron chi connectivity index (χ0n) is 16.9. The predicted molar refractivity (Wildman–Crippen MR) is 114 cm³/mol. The number of nitrogens with zero attached hydrogens (tertiary/aromatic N) is 3. The number of hydrogen-bond donors (Lipinski definition) is 1. The first-order valence-corrected chi connectivity index (χ1v) is 10.3. The van der Waals surface area contributed by atoms with Gasteiger partial charge in [-0.25, -0.2) is 4.79 Å². The second-order valence-electron chi connectivity index (χ2n) is 7.65. The zero-order valence-corrected chi connectivity index (χ0v) is 16.9. The molecule has 0 aliphatic carbocycles. The molecule has 0 amide bonds. The fourth-order valence-corrected chi connectivity index (χ4v) is 4.06. The van der Waals surface area contributed by atoms with Crippen molar-refractivity contribution in [3.8, 4) is 11.4 Å². The number of nitrogens with one attached hydrogen (secondary N) is 1. The van der Waals surface area contributed by atoms with Crippen molar-refractivity contribution in [2.45, 2.75) is 31.6 Å². The molecular formula is C23H28N4O2. The summed E-state index contributed by atoms with van der Waals surface area (Å²) in [5, 5.41) is 4.60. The minimum absolute atomic E-state index is 0.189. The molecule has 29 heavy (non-hydrogen) atoms. The van der Waals surface area contributed by atoms with E-state index in [0.29, 0.717) is 0 Å². The highest BCUT2D eigenvalue weighted by Crippen LogP contribution is 2.24. The molecule has 0 spiro atoms. The van der Waals surface area contributed by atoms with Crippen molar-refractivity contribution >= 4 is 0 Å². The van der Waals surface area contributed by atoms with E-state index in [9.17, 15) is 4.79 Å². The molecule has 0 saturated carbocycles. The van der Waals surface area contributed by atoms with Crippen LogP contribution >= 0.6 is 0 Å². The van der Waals surface area contributed by atoms with Gasteiger partial charge in [0.15, 0.2) is 0 Å². The minimum Gasteiger partial charge on any atom is -0.497 e. The van der Waals surface area contributed by atoms with Gasteiger partial charge in [-0.15, -0.1) is 5.10 Å². The molecule has 0 radical (unpaired) electrons. The largest absolute Gasteiger partial charge is 0.497 e. The molecule has 6 heteroatoms. The summed E-state index contributed by atoms with van der Waals surface area (Å²) in [5.74, 6) is 1.82. The van der Waals surface area contributed by atoms with Crippen molar-refractivity contribution in [3.63, 3.8) is 0 Å². The number of ether oxygens (including phenoxy) is 1. The molecule has 1 saturated heterocycles. The summed E-state index contributed by atoms with van der Waals surface area (Å²) in [6.45, 7) is 3.15. The van der Waals surface area contributed by atoms with Gasteiger partial charge in [-0.1, -0.05) is 30.3 Å². The van der Waals surface area contributed by atoms with E-state index in [4.69, 9.17) is 4.74 Å². The lowest BCUT2D eigenvalue weighted by atomic mass is 9.97. The van der Waals surface area contributed by atoms with Crippen molar-refractivity contribution < 1.29 is 4.74 Å². The van der Waals surface area contributed by atoms with Gasteiger partial charge in [0.1, 0.15) is 11.6 Å². The summed E-state index contributed by atoms with van der Waals surface area (Å²) in [6.07, 6.45) is 4.44. The minimum atomic E-state index is -0.189. The van der Waals surface area contributed by atoms with Crippen molar-refractivity contribution in [3.05, 3.63) is 76.5 Å². The van der Waals surface area contributed by atoms with E-state index in [0.717, 1.165) is 62.6 Å². The fraction of sp³-hybridized carbons (Fsp3) is 0.391. The Morgan fingerprint density at radius 1 is 1.14 bits per heavy atom. The van der Waals surface area contributed by atoms with E-state index in [1.165, 1.54) is 10.2 Å². The lowest BCUT2D eigenvalue weighted by Gasteiger charge is -2.31. The predicted octanol–water partition coefficient (Wildman–Crippen LogP) is 3.38. The Morgan fingerprint density at radius 3 is 2.69 bits per heavy atom. The van der Waals surface area contributed by atoms with Crippen LogP contribution in [-0.2, 0) is 6.42 Å². The molecule has 1 N–H and O–H groups in total. The van der Waals surface area contributed by atoms with Gasteiger partial charge in [0.05, 0.1) is 12.8 Å². The van der Waals surface area contributed by atoms with Crippen LogP contribution in [0.15, 0.2) is 59.4 Å². The average molecular weight is 393 g/mol. The van der Waals surface area contributed by atoms with E-state index in [1.54, 1.807) is 7.11 Å². The van der Waals surface area contributed by atoms with Crippen LogP contribution in [0.25, 0.3) is 5.69 Å². The topological polar surface area (TPSA) is 63.1 Å². The van der Waals surface area contributed by atoms with Gasteiger partial charge in [-0.2, -0.15) is 4.68 Å². The third-order valence-electron chi connectivity index (χ3n) is 5.63. The standard InChI is InChI=1S/C23H28N4O2/c1-29-21-13-11-20(12-14-21)27-23(28)24-22(25-27)19-10-6-16-26(17-19)15-5-9-18-7-3-2-4-8-18/h2-4,7-8,11-14,19H,5-6,9-10,15-17H2,1H3,(H,24,25,28). The number of piperidine rings is 1. The van der Waals surface area contributed by atoms with Crippen molar-refractivity contribution in [2.75, 3.05) is 26.7 Å². The van der Waals surface area contributed by atoms with E-state index in [1.807, 2.05) is 24.3 Å². The number of benzene rings is 2. The van der Waals surface area contributed by atoms with Crippen LogP contribution in [0.4, 0.5) is 0 Å². The van der Waals surface area contributed by atoms with Gasteiger partial charge < -0.3 is 9.64 Å². The maximum Gasteiger partial charge on any atom is 0.348 e.